The number of hydrogen-bond acceptors (Lipinski definition) is 4. The van der Waals surface area contributed by atoms with Crippen LogP contribution in [-0.4, -0.2) is 42.8 Å². The molecule has 0 radical (unpaired) electrons. The van der Waals surface area contributed by atoms with Crippen molar-refractivity contribution in [3.05, 3.63) is 35.4 Å². The molecule has 0 bridgehead atoms. The highest BCUT2D eigenvalue weighted by atomic mass is 16.5. The minimum absolute atomic E-state index is 0.0512. The molecule has 20 heavy (non-hydrogen) atoms. The van der Waals surface area contributed by atoms with E-state index in [1.807, 2.05) is 24.3 Å². The lowest BCUT2D eigenvalue weighted by molar-refractivity contribution is -0.143. The lowest BCUT2D eigenvalue weighted by atomic mass is 9.95. The number of rotatable bonds is 5. The summed E-state index contributed by atoms with van der Waals surface area (Å²) in [5.41, 5.74) is 2.29. The molecule has 2 atom stereocenters. The van der Waals surface area contributed by atoms with Gasteiger partial charge in [0.1, 0.15) is 0 Å². The third-order valence-corrected chi connectivity index (χ3v) is 3.35. The molecule has 1 heterocycles. The molecule has 2 rings (SSSR count). The normalized spacial score (nSPS) is 18.9. The molecule has 1 amide bonds. The van der Waals surface area contributed by atoms with E-state index in [1.54, 1.807) is 0 Å². The van der Waals surface area contributed by atoms with Gasteiger partial charge in [-0.3, -0.25) is 4.79 Å². The molecular weight excluding hydrogens is 260 g/mol. The molecule has 1 aromatic rings. The van der Waals surface area contributed by atoms with Crippen LogP contribution in [0.2, 0.25) is 0 Å². The lowest BCUT2D eigenvalue weighted by Gasteiger charge is -2.26. The summed E-state index contributed by atoms with van der Waals surface area (Å²) >= 11 is 0. The van der Waals surface area contributed by atoms with Gasteiger partial charge in [0.05, 0.1) is 12.6 Å². The Morgan fingerprint density at radius 1 is 1.45 bits per heavy atom. The van der Waals surface area contributed by atoms with Crippen LogP contribution in [0, 0.1) is 0 Å². The summed E-state index contributed by atoms with van der Waals surface area (Å²) in [6.45, 7) is 0.556. The molecule has 1 aliphatic heterocycles. The van der Waals surface area contributed by atoms with Crippen molar-refractivity contribution in [3.8, 4) is 0 Å². The Morgan fingerprint density at radius 3 is 2.80 bits per heavy atom. The minimum Gasteiger partial charge on any atom is -0.480 e. The van der Waals surface area contributed by atoms with Crippen LogP contribution < -0.4 is 10.6 Å². The highest BCUT2D eigenvalue weighted by Gasteiger charge is 2.27. The second-order valence-corrected chi connectivity index (χ2v) is 4.76. The number of hydrogen-bond donors (Lipinski definition) is 3. The van der Waals surface area contributed by atoms with Gasteiger partial charge in [-0.1, -0.05) is 24.3 Å². The van der Waals surface area contributed by atoms with Crippen molar-refractivity contribution in [1.82, 2.24) is 10.6 Å². The fraction of sp³-hybridized carbons (Fsp3) is 0.429. The predicted octanol–water partition coefficient (Wildman–Crippen LogP) is -0.0833. The second-order valence-electron chi connectivity index (χ2n) is 4.76. The van der Waals surface area contributed by atoms with Crippen LogP contribution in [0.3, 0.4) is 0 Å². The van der Waals surface area contributed by atoms with Gasteiger partial charge < -0.3 is 20.5 Å². The molecular formula is C14H18N2O4. The zero-order chi connectivity index (χ0) is 14.5. The van der Waals surface area contributed by atoms with Crippen molar-refractivity contribution in [3.63, 3.8) is 0 Å². The SMILES string of the molecule is COCC(NC(=O)C1Cc2ccccc2CN1)C(=O)O. The highest BCUT2D eigenvalue weighted by molar-refractivity contribution is 5.87. The molecule has 0 aromatic heterocycles. The largest absolute Gasteiger partial charge is 0.480 e. The molecule has 6 heteroatoms. The maximum atomic E-state index is 12.1. The van der Waals surface area contributed by atoms with E-state index in [-0.39, 0.29) is 12.5 Å². The number of aliphatic carboxylic acids is 1. The van der Waals surface area contributed by atoms with Gasteiger partial charge in [-0.05, 0) is 17.5 Å². The van der Waals surface area contributed by atoms with Gasteiger partial charge in [-0.25, -0.2) is 4.79 Å². The summed E-state index contributed by atoms with van der Waals surface area (Å²) in [4.78, 5) is 23.1. The third-order valence-electron chi connectivity index (χ3n) is 3.35. The number of carboxylic acid groups (broad SMARTS) is 1. The van der Waals surface area contributed by atoms with Crippen molar-refractivity contribution in [2.75, 3.05) is 13.7 Å². The molecule has 0 spiro atoms. The van der Waals surface area contributed by atoms with Crippen LogP contribution in [0.15, 0.2) is 24.3 Å². The number of carbonyl (C=O) groups excluding carboxylic acids is 1. The summed E-state index contributed by atoms with van der Waals surface area (Å²) < 4.78 is 4.79. The molecule has 0 aliphatic carbocycles. The van der Waals surface area contributed by atoms with Crippen LogP contribution in [-0.2, 0) is 27.3 Å². The van der Waals surface area contributed by atoms with E-state index >= 15 is 0 Å². The van der Waals surface area contributed by atoms with Crippen LogP contribution in [0.1, 0.15) is 11.1 Å². The van der Waals surface area contributed by atoms with Gasteiger partial charge in [0.2, 0.25) is 5.91 Å². The smallest absolute Gasteiger partial charge is 0.328 e. The van der Waals surface area contributed by atoms with E-state index in [0.717, 1.165) is 5.56 Å². The first-order valence-electron chi connectivity index (χ1n) is 6.44. The Kier molecular flexibility index (Phi) is 4.70. The number of nitrogens with one attached hydrogen (secondary N) is 2. The maximum absolute atomic E-state index is 12.1. The monoisotopic (exact) mass is 278 g/mol. The summed E-state index contributed by atoms with van der Waals surface area (Å²) in [5, 5.41) is 14.6. The van der Waals surface area contributed by atoms with Gasteiger partial charge in [-0.2, -0.15) is 0 Å². The minimum atomic E-state index is -1.10. The van der Waals surface area contributed by atoms with Crippen molar-refractivity contribution < 1.29 is 19.4 Å². The number of carbonyl (C=O) groups is 2. The number of methoxy groups -OCH3 is 1. The van der Waals surface area contributed by atoms with E-state index in [1.165, 1.54) is 12.7 Å². The Morgan fingerprint density at radius 2 is 2.15 bits per heavy atom. The van der Waals surface area contributed by atoms with Gasteiger partial charge in [0, 0.05) is 13.7 Å². The zero-order valence-corrected chi connectivity index (χ0v) is 11.3. The lowest BCUT2D eigenvalue weighted by Crippen LogP contribution is -2.53. The zero-order valence-electron chi connectivity index (χ0n) is 11.3. The van der Waals surface area contributed by atoms with E-state index in [4.69, 9.17) is 9.84 Å². The molecule has 0 saturated heterocycles. The standard InChI is InChI=1S/C14H18N2O4/c1-20-8-12(14(18)19)16-13(17)11-6-9-4-2-3-5-10(9)7-15-11/h2-5,11-12,15H,6-8H2,1H3,(H,16,17)(H,18,19). The first kappa shape index (κ1) is 14.5. The fourth-order valence-corrected chi connectivity index (χ4v) is 2.25. The highest BCUT2D eigenvalue weighted by Crippen LogP contribution is 2.16. The van der Waals surface area contributed by atoms with Gasteiger partial charge >= 0.3 is 5.97 Å². The summed E-state index contributed by atoms with van der Waals surface area (Å²) in [6, 6.07) is 6.46. The summed E-state index contributed by atoms with van der Waals surface area (Å²) in [7, 11) is 1.40. The predicted molar refractivity (Wildman–Crippen MR) is 72.2 cm³/mol. The Bertz CT molecular complexity index is 504. The van der Waals surface area contributed by atoms with Crippen molar-refractivity contribution >= 4 is 11.9 Å². The van der Waals surface area contributed by atoms with Gasteiger partial charge in [-0.15, -0.1) is 0 Å². The van der Waals surface area contributed by atoms with Crippen molar-refractivity contribution in [2.45, 2.75) is 25.0 Å². The van der Waals surface area contributed by atoms with Gasteiger partial charge in [0.25, 0.3) is 0 Å². The molecule has 108 valence electrons. The van der Waals surface area contributed by atoms with E-state index < -0.39 is 18.1 Å². The summed E-state index contributed by atoms with van der Waals surface area (Å²) in [5.74, 6) is -1.42. The number of fused-ring (bicyclic) bond motifs is 1. The Hall–Kier alpha value is -1.92. The van der Waals surface area contributed by atoms with Crippen molar-refractivity contribution in [2.24, 2.45) is 0 Å². The third kappa shape index (κ3) is 3.34. The molecule has 3 N–H and O–H groups in total. The number of benzene rings is 1. The first-order chi connectivity index (χ1) is 9.61. The van der Waals surface area contributed by atoms with E-state index in [9.17, 15) is 9.59 Å². The molecule has 0 saturated carbocycles. The number of carboxylic acids is 1. The molecule has 2 unspecified atom stereocenters. The quantitative estimate of drug-likeness (QED) is 0.701. The van der Waals surface area contributed by atoms with E-state index in [0.29, 0.717) is 13.0 Å². The Balaban J connectivity index is 1.99. The average molecular weight is 278 g/mol. The van der Waals surface area contributed by atoms with Crippen LogP contribution >= 0.6 is 0 Å². The molecule has 1 aromatic carbocycles. The average Bonchev–Trinajstić information content (AvgIpc) is 2.46. The first-order valence-corrected chi connectivity index (χ1v) is 6.44. The summed E-state index contributed by atoms with van der Waals surface area (Å²) in [6.07, 6.45) is 0.557. The van der Waals surface area contributed by atoms with E-state index in [2.05, 4.69) is 10.6 Å². The van der Waals surface area contributed by atoms with Crippen LogP contribution in [0.25, 0.3) is 0 Å². The van der Waals surface area contributed by atoms with Crippen LogP contribution in [0.4, 0.5) is 0 Å². The Labute approximate surface area is 117 Å². The van der Waals surface area contributed by atoms with Crippen LogP contribution in [0.5, 0.6) is 0 Å². The van der Waals surface area contributed by atoms with Gasteiger partial charge in [0.15, 0.2) is 6.04 Å². The fourth-order valence-electron chi connectivity index (χ4n) is 2.25. The molecule has 6 nitrogen and oxygen atoms in total. The number of ether oxygens (including phenoxy) is 1. The topological polar surface area (TPSA) is 87.7 Å². The van der Waals surface area contributed by atoms with Crippen molar-refractivity contribution in [1.29, 1.82) is 0 Å². The molecule has 0 fully saturated rings. The second kappa shape index (κ2) is 6.49. The molecule has 1 aliphatic rings. The number of amides is 1. The maximum Gasteiger partial charge on any atom is 0.328 e.